The molecule has 0 saturated carbocycles. The maximum absolute atomic E-state index is 11.6. The van der Waals surface area contributed by atoms with E-state index in [9.17, 15) is 19.2 Å². The van der Waals surface area contributed by atoms with Crippen molar-refractivity contribution in [2.75, 3.05) is 7.11 Å². The van der Waals surface area contributed by atoms with E-state index in [-0.39, 0.29) is 6.42 Å². The molecule has 0 amide bonds. The van der Waals surface area contributed by atoms with Gasteiger partial charge in [-0.3, -0.25) is 19.2 Å². The number of hydrogen-bond donors (Lipinski definition) is 0. The Balaban J connectivity index is 3.15. The SMILES string of the molecule is COC(=O)CC1OC(Br)C(OC(C)=O)C(OC(C)=O)C1OC(C)=O. The minimum Gasteiger partial charge on any atom is -0.469 e. The molecule has 0 aromatic heterocycles. The molecule has 136 valence electrons. The van der Waals surface area contributed by atoms with E-state index in [0.717, 1.165) is 13.8 Å². The zero-order valence-electron chi connectivity index (χ0n) is 13.6. The molecule has 0 aromatic rings. The van der Waals surface area contributed by atoms with E-state index in [1.54, 1.807) is 0 Å². The molecule has 0 spiro atoms. The van der Waals surface area contributed by atoms with Gasteiger partial charge in [-0.25, -0.2) is 0 Å². The van der Waals surface area contributed by atoms with E-state index in [2.05, 4.69) is 20.7 Å². The Morgan fingerprint density at radius 2 is 1.33 bits per heavy atom. The number of alkyl halides is 1. The second-order valence-electron chi connectivity index (χ2n) is 5.03. The molecular formula is C14H19BrO9. The Labute approximate surface area is 147 Å². The number of hydrogen-bond acceptors (Lipinski definition) is 9. The van der Waals surface area contributed by atoms with Crippen LogP contribution in [-0.2, 0) is 42.9 Å². The van der Waals surface area contributed by atoms with Crippen LogP contribution in [0.4, 0.5) is 0 Å². The van der Waals surface area contributed by atoms with Gasteiger partial charge in [-0.1, -0.05) is 15.9 Å². The minimum atomic E-state index is -1.15. The van der Waals surface area contributed by atoms with Gasteiger partial charge in [-0.2, -0.15) is 0 Å². The van der Waals surface area contributed by atoms with Gasteiger partial charge in [0.25, 0.3) is 0 Å². The van der Waals surface area contributed by atoms with Gasteiger partial charge in [0.1, 0.15) is 6.10 Å². The van der Waals surface area contributed by atoms with Crippen molar-refractivity contribution in [3.05, 3.63) is 0 Å². The topological polar surface area (TPSA) is 114 Å². The average Bonchev–Trinajstić information content (AvgIpc) is 2.45. The quantitative estimate of drug-likeness (QED) is 0.362. The van der Waals surface area contributed by atoms with Crippen molar-refractivity contribution in [2.45, 2.75) is 56.6 Å². The summed E-state index contributed by atoms with van der Waals surface area (Å²) in [4.78, 5) is 45.7. The molecule has 5 atom stereocenters. The third kappa shape index (κ3) is 5.75. The molecule has 1 rings (SSSR count). The minimum absolute atomic E-state index is 0.249. The summed E-state index contributed by atoms with van der Waals surface area (Å²) in [5, 5.41) is -0.882. The Bertz CT molecular complexity index is 506. The largest absolute Gasteiger partial charge is 0.469 e. The van der Waals surface area contributed by atoms with Gasteiger partial charge in [0.15, 0.2) is 23.3 Å². The van der Waals surface area contributed by atoms with Crippen LogP contribution in [0.1, 0.15) is 27.2 Å². The first-order valence-corrected chi connectivity index (χ1v) is 7.95. The molecule has 24 heavy (non-hydrogen) atoms. The normalized spacial score (nSPS) is 29.3. The van der Waals surface area contributed by atoms with Crippen LogP contribution in [0.5, 0.6) is 0 Å². The second-order valence-corrected chi connectivity index (χ2v) is 5.93. The number of rotatable bonds is 5. The number of carbonyl (C=O) groups excluding carboxylic acids is 4. The number of esters is 4. The number of carbonyl (C=O) groups is 4. The van der Waals surface area contributed by atoms with Crippen LogP contribution >= 0.6 is 15.9 Å². The van der Waals surface area contributed by atoms with Gasteiger partial charge < -0.3 is 23.7 Å². The van der Waals surface area contributed by atoms with Gasteiger partial charge in [0.2, 0.25) is 0 Å². The van der Waals surface area contributed by atoms with Crippen LogP contribution in [-0.4, -0.2) is 60.4 Å². The predicted octanol–water partition coefficient (Wildman–Crippen LogP) is 0.464. The molecule has 1 saturated heterocycles. The molecule has 10 heteroatoms. The lowest BCUT2D eigenvalue weighted by Gasteiger charge is -2.42. The number of ether oxygens (including phenoxy) is 5. The zero-order chi connectivity index (χ0) is 18.4. The van der Waals surface area contributed by atoms with Gasteiger partial charge in [0, 0.05) is 20.8 Å². The van der Waals surface area contributed by atoms with E-state index >= 15 is 0 Å². The zero-order valence-corrected chi connectivity index (χ0v) is 15.2. The maximum Gasteiger partial charge on any atom is 0.308 e. The summed E-state index contributed by atoms with van der Waals surface area (Å²) in [6.45, 7) is 3.48. The van der Waals surface area contributed by atoms with Crippen molar-refractivity contribution >= 4 is 39.8 Å². The highest BCUT2D eigenvalue weighted by Gasteiger charge is 2.51. The number of halogens is 1. The van der Waals surface area contributed by atoms with Crippen LogP contribution in [0, 0.1) is 0 Å². The molecule has 0 aliphatic carbocycles. The molecule has 0 N–H and O–H groups in total. The van der Waals surface area contributed by atoms with Gasteiger partial charge in [-0.15, -0.1) is 0 Å². The van der Waals surface area contributed by atoms with Crippen molar-refractivity contribution in [1.82, 2.24) is 0 Å². The van der Waals surface area contributed by atoms with E-state index in [1.807, 2.05) is 0 Å². The van der Waals surface area contributed by atoms with Crippen LogP contribution in [0.25, 0.3) is 0 Å². The third-order valence-corrected chi connectivity index (χ3v) is 3.82. The van der Waals surface area contributed by atoms with Crippen molar-refractivity contribution in [3.63, 3.8) is 0 Å². The van der Waals surface area contributed by atoms with E-state index in [1.165, 1.54) is 14.0 Å². The summed E-state index contributed by atoms with van der Waals surface area (Å²) in [5.74, 6) is -2.60. The first kappa shape index (κ1) is 20.4. The lowest BCUT2D eigenvalue weighted by Crippen LogP contribution is -2.60. The molecule has 0 aromatic carbocycles. The van der Waals surface area contributed by atoms with Crippen LogP contribution in [0.3, 0.4) is 0 Å². The Morgan fingerprint density at radius 1 is 0.875 bits per heavy atom. The summed E-state index contributed by atoms with van der Waals surface area (Å²) < 4.78 is 25.6. The molecule has 0 radical (unpaired) electrons. The molecule has 0 bridgehead atoms. The van der Waals surface area contributed by atoms with Crippen LogP contribution in [0.2, 0.25) is 0 Å². The fraction of sp³-hybridized carbons (Fsp3) is 0.714. The highest BCUT2D eigenvalue weighted by molar-refractivity contribution is 9.09. The van der Waals surface area contributed by atoms with Gasteiger partial charge in [-0.05, 0) is 0 Å². The predicted molar refractivity (Wildman–Crippen MR) is 80.9 cm³/mol. The average molecular weight is 411 g/mol. The van der Waals surface area contributed by atoms with Crippen LogP contribution in [0.15, 0.2) is 0 Å². The lowest BCUT2D eigenvalue weighted by atomic mass is 9.97. The molecule has 5 unspecified atom stereocenters. The lowest BCUT2D eigenvalue weighted by molar-refractivity contribution is -0.232. The van der Waals surface area contributed by atoms with Crippen molar-refractivity contribution in [2.24, 2.45) is 0 Å². The summed E-state index contributed by atoms with van der Waals surface area (Å²) in [6, 6.07) is 0. The molecule has 1 aliphatic rings. The third-order valence-electron chi connectivity index (χ3n) is 3.08. The first-order chi connectivity index (χ1) is 11.1. The van der Waals surface area contributed by atoms with Crippen molar-refractivity contribution < 1.29 is 42.9 Å². The Hall–Kier alpha value is -1.68. The standard InChI is InChI=1S/C14H19BrO9/c1-6(16)21-11-9(5-10(19)20-4)24-14(15)13(23-8(3)18)12(11)22-7(2)17/h9,11-14H,5H2,1-4H3. The molecule has 1 aliphatic heterocycles. The second kappa shape index (κ2) is 8.97. The smallest absolute Gasteiger partial charge is 0.308 e. The van der Waals surface area contributed by atoms with Crippen molar-refractivity contribution in [1.29, 1.82) is 0 Å². The molecule has 1 fully saturated rings. The summed E-state index contributed by atoms with van der Waals surface area (Å²) >= 11 is 3.18. The van der Waals surface area contributed by atoms with E-state index in [4.69, 9.17) is 18.9 Å². The van der Waals surface area contributed by atoms with E-state index in [0.29, 0.717) is 0 Å². The summed E-state index contributed by atoms with van der Waals surface area (Å²) in [5.41, 5.74) is 0. The fourth-order valence-corrected chi connectivity index (χ4v) is 2.94. The van der Waals surface area contributed by atoms with E-state index < -0.39 is 53.3 Å². The van der Waals surface area contributed by atoms with Crippen LogP contribution < -0.4 is 0 Å². The summed E-state index contributed by atoms with van der Waals surface area (Å²) in [7, 11) is 1.20. The maximum atomic E-state index is 11.6. The molecule has 9 nitrogen and oxygen atoms in total. The molecular weight excluding hydrogens is 392 g/mol. The monoisotopic (exact) mass is 410 g/mol. The van der Waals surface area contributed by atoms with Gasteiger partial charge >= 0.3 is 23.9 Å². The Morgan fingerprint density at radius 3 is 1.79 bits per heavy atom. The fourth-order valence-electron chi connectivity index (χ4n) is 2.25. The molecule has 1 heterocycles. The first-order valence-electron chi connectivity index (χ1n) is 7.03. The van der Waals surface area contributed by atoms with Gasteiger partial charge in [0.05, 0.1) is 13.5 Å². The number of methoxy groups -OCH3 is 1. The highest BCUT2D eigenvalue weighted by atomic mass is 79.9. The van der Waals surface area contributed by atoms with Crippen molar-refractivity contribution in [3.8, 4) is 0 Å². The summed E-state index contributed by atoms with van der Waals surface area (Å²) in [6.07, 6.45) is -4.57. The Kier molecular flexibility index (Phi) is 7.61. The highest BCUT2D eigenvalue weighted by Crippen LogP contribution is 2.32.